The number of nitrogen functional groups attached to an aromatic ring is 1. The van der Waals surface area contributed by atoms with E-state index in [9.17, 15) is 4.79 Å². The van der Waals surface area contributed by atoms with E-state index < -0.39 is 0 Å². The molecule has 5 N–H and O–H groups in total. The molecular formula is C64H68N4O2. The zero-order valence-electron chi connectivity index (χ0n) is 41.4. The molecular weight excluding hydrogens is 857 g/mol. The van der Waals surface area contributed by atoms with Crippen LogP contribution in [0.4, 0.5) is 17.1 Å². The van der Waals surface area contributed by atoms with Crippen molar-refractivity contribution in [3.8, 4) is 11.3 Å². The number of allylic oxidation sites excluding steroid dienone is 2. The van der Waals surface area contributed by atoms with Gasteiger partial charge in [0, 0.05) is 34.1 Å². The van der Waals surface area contributed by atoms with E-state index in [1.165, 1.54) is 38.9 Å². The van der Waals surface area contributed by atoms with Gasteiger partial charge in [-0.05, 0) is 104 Å². The highest BCUT2D eigenvalue weighted by molar-refractivity contribution is 5.87. The molecule has 6 heteroatoms. The third kappa shape index (κ3) is 17.2. The highest BCUT2D eigenvalue weighted by Gasteiger charge is 2.31. The average Bonchev–Trinajstić information content (AvgIpc) is 3.42. The van der Waals surface area contributed by atoms with E-state index in [1.54, 1.807) is 12.1 Å². The molecule has 0 fully saturated rings. The van der Waals surface area contributed by atoms with Crippen molar-refractivity contribution in [2.75, 3.05) is 11.1 Å². The SMILES string of the molecule is C(=Nc1ccccc1)c1ccccc1.C/C=C\C.CC1c2ccccc2NC(c2ccccc2)C1C.Cc1c(-c2ccccc2)nc2ccccc2c1C.Nc1ccccc1.O.O=Cc1ccccc1. The third-order valence-electron chi connectivity index (χ3n) is 11.7. The number of nitrogens with zero attached hydrogens (tertiary/aromatic N) is 2. The van der Waals surface area contributed by atoms with Gasteiger partial charge in [0.05, 0.1) is 22.9 Å². The lowest BCUT2D eigenvalue weighted by Gasteiger charge is -2.37. The molecule has 70 heavy (non-hydrogen) atoms. The number of aliphatic imine (C=N–C) groups is 1. The molecule has 0 amide bonds. The Morgan fingerprint density at radius 2 is 1.01 bits per heavy atom. The summed E-state index contributed by atoms with van der Waals surface area (Å²) in [6, 6.07) is 77.1. The number of fused-ring (bicyclic) bond motifs is 2. The van der Waals surface area contributed by atoms with E-state index in [1.807, 2.05) is 154 Å². The van der Waals surface area contributed by atoms with Crippen LogP contribution in [0.5, 0.6) is 0 Å². The van der Waals surface area contributed by atoms with Gasteiger partial charge >= 0.3 is 0 Å². The van der Waals surface area contributed by atoms with E-state index >= 15 is 0 Å². The summed E-state index contributed by atoms with van der Waals surface area (Å²) in [5, 5.41) is 4.94. The number of hydrogen-bond donors (Lipinski definition) is 2. The Hall–Kier alpha value is -8.19. The summed E-state index contributed by atoms with van der Waals surface area (Å²) in [5.41, 5.74) is 19.1. The highest BCUT2D eigenvalue weighted by atomic mass is 16.1. The predicted octanol–water partition coefficient (Wildman–Crippen LogP) is 16.1. The van der Waals surface area contributed by atoms with Crippen molar-refractivity contribution in [2.45, 2.75) is 53.5 Å². The molecule has 0 saturated carbocycles. The molecule has 0 bridgehead atoms. The first-order chi connectivity index (χ1) is 33.7. The second-order valence-electron chi connectivity index (χ2n) is 16.5. The number of aromatic nitrogens is 1. The molecule has 8 aromatic carbocycles. The van der Waals surface area contributed by atoms with Gasteiger partial charge in [0.1, 0.15) is 6.29 Å². The maximum absolute atomic E-state index is 10.0. The number of anilines is 2. The van der Waals surface area contributed by atoms with E-state index in [0.717, 1.165) is 40.0 Å². The molecule has 3 unspecified atom stereocenters. The molecule has 0 saturated heterocycles. The van der Waals surface area contributed by atoms with E-state index in [-0.39, 0.29) is 5.48 Å². The fourth-order valence-electron chi connectivity index (χ4n) is 7.48. The van der Waals surface area contributed by atoms with E-state index in [2.05, 4.69) is 135 Å². The Labute approximate surface area is 416 Å². The maximum atomic E-state index is 10.0. The number of para-hydroxylation sites is 4. The number of rotatable bonds is 5. The fraction of sp³-hybridized carbons (Fsp3) is 0.141. The fourth-order valence-corrected chi connectivity index (χ4v) is 7.48. The second-order valence-corrected chi connectivity index (χ2v) is 16.5. The first kappa shape index (κ1) is 54.4. The van der Waals surface area contributed by atoms with Crippen molar-refractivity contribution < 1.29 is 10.3 Å². The molecule has 3 atom stereocenters. The Kier molecular flexibility index (Phi) is 23.5. The molecule has 10 rings (SSSR count). The molecule has 9 aromatic rings. The average molecular weight is 925 g/mol. The minimum absolute atomic E-state index is 0. The van der Waals surface area contributed by atoms with Crippen molar-refractivity contribution in [3.05, 3.63) is 276 Å². The summed E-state index contributed by atoms with van der Waals surface area (Å²) < 4.78 is 0. The molecule has 356 valence electrons. The van der Waals surface area contributed by atoms with Gasteiger partial charge in [0.2, 0.25) is 0 Å². The van der Waals surface area contributed by atoms with Gasteiger partial charge < -0.3 is 16.5 Å². The van der Waals surface area contributed by atoms with Crippen LogP contribution in [0.15, 0.2) is 248 Å². The van der Waals surface area contributed by atoms with Gasteiger partial charge in [-0.1, -0.05) is 220 Å². The third-order valence-corrected chi connectivity index (χ3v) is 11.7. The topological polar surface area (TPSA) is 112 Å². The second kappa shape index (κ2) is 30.2. The van der Waals surface area contributed by atoms with Crippen LogP contribution < -0.4 is 11.1 Å². The molecule has 1 aromatic heterocycles. The minimum Gasteiger partial charge on any atom is -0.412 e. The molecule has 1 aliphatic rings. The van der Waals surface area contributed by atoms with Gasteiger partial charge in [-0.2, -0.15) is 0 Å². The van der Waals surface area contributed by atoms with Crippen LogP contribution in [0.1, 0.15) is 77.8 Å². The summed E-state index contributed by atoms with van der Waals surface area (Å²) in [5.74, 6) is 1.19. The molecule has 0 aliphatic carbocycles. The quantitative estimate of drug-likeness (QED) is 0.0775. The normalized spacial score (nSPS) is 14.0. The van der Waals surface area contributed by atoms with Gasteiger partial charge in [-0.15, -0.1) is 0 Å². The Balaban J connectivity index is 0.000000193. The summed E-state index contributed by atoms with van der Waals surface area (Å²) in [4.78, 5) is 19.2. The van der Waals surface area contributed by atoms with Crippen molar-refractivity contribution in [2.24, 2.45) is 10.9 Å². The number of hydrogen-bond acceptors (Lipinski definition) is 5. The largest absolute Gasteiger partial charge is 0.412 e. The number of carbonyl (C=O) groups excluding carboxylic acids is 1. The number of benzene rings is 8. The van der Waals surface area contributed by atoms with Crippen LogP contribution in [-0.4, -0.2) is 23.0 Å². The van der Waals surface area contributed by atoms with Crippen molar-refractivity contribution in [1.29, 1.82) is 0 Å². The number of aldehydes is 1. The molecule has 1 aliphatic heterocycles. The van der Waals surface area contributed by atoms with Crippen LogP contribution in [0.3, 0.4) is 0 Å². The first-order valence-electron chi connectivity index (χ1n) is 23.6. The number of aryl methyl sites for hydroxylation is 1. The van der Waals surface area contributed by atoms with Gasteiger partial charge in [0.25, 0.3) is 0 Å². The van der Waals surface area contributed by atoms with Crippen molar-refractivity contribution in [1.82, 2.24) is 4.98 Å². The summed E-state index contributed by atoms with van der Waals surface area (Å²) in [6.45, 7) is 13.0. The summed E-state index contributed by atoms with van der Waals surface area (Å²) in [6.07, 6.45) is 6.70. The first-order valence-corrected chi connectivity index (χ1v) is 23.6. The highest BCUT2D eigenvalue weighted by Crippen LogP contribution is 2.43. The predicted molar refractivity (Wildman–Crippen MR) is 300 cm³/mol. The summed E-state index contributed by atoms with van der Waals surface area (Å²) in [7, 11) is 0. The van der Waals surface area contributed by atoms with Crippen molar-refractivity contribution >= 4 is 40.5 Å². The molecule has 0 spiro atoms. The Bertz CT molecular complexity index is 2850. The van der Waals surface area contributed by atoms with Crippen LogP contribution in [0, 0.1) is 19.8 Å². The van der Waals surface area contributed by atoms with Gasteiger partial charge in [-0.3, -0.25) is 9.79 Å². The Morgan fingerprint density at radius 1 is 0.543 bits per heavy atom. The Morgan fingerprint density at radius 3 is 1.54 bits per heavy atom. The number of nitrogens with two attached hydrogens (primary N) is 1. The number of carbonyl (C=O) groups is 1. The van der Waals surface area contributed by atoms with Gasteiger partial charge in [-0.25, -0.2) is 4.98 Å². The lowest BCUT2D eigenvalue weighted by molar-refractivity contribution is 0.112. The lowest BCUT2D eigenvalue weighted by Crippen LogP contribution is -2.28. The standard InChI is InChI=1S/C17H19N.C17H15N.C13H11N.C7H6O.C6H7N.C4H8.H2O/c2*1-12-13(2)17(14-8-4-3-5-9-14)18-16-11-7-6-10-15(12)16;1-3-7-12(8-4-1)11-14-13-9-5-2-6-10-13;8-6-7-4-2-1-3-5-7;7-6-4-2-1-3-5-6;1-3-4-2;/h3-13,17-18H,1-2H3;3-11H,1-2H3;1-11H;1-6H;1-5H,7H2;3-4H,1-2H3;1H2/b;;;;;4-3-;. The number of nitrogens with one attached hydrogen (secondary N) is 1. The molecule has 0 radical (unpaired) electrons. The minimum atomic E-state index is 0. The zero-order chi connectivity index (χ0) is 49.1. The van der Waals surface area contributed by atoms with Crippen LogP contribution in [0.2, 0.25) is 0 Å². The smallest absolute Gasteiger partial charge is 0.150 e. The molecule has 2 heterocycles. The van der Waals surface area contributed by atoms with E-state index in [4.69, 9.17) is 10.7 Å². The maximum Gasteiger partial charge on any atom is 0.150 e. The number of pyridine rings is 1. The summed E-state index contributed by atoms with van der Waals surface area (Å²) >= 11 is 0. The van der Waals surface area contributed by atoms with Crippen molar-refractivity contribution in [3.63, 3.8) is 0 Å². The lowest BCUT2D eigenvalue weighted by atomic mass is 9.77. The van der Waals surface area contributed by atoms with Crippen LogP contribution >= 0.6 is 0 Å². The monoisotopic (exact) mass is 925 g/mol. The molecule has 6 nitrogen and oxygen atoms in total. The van der Waals surface area contributed by atoms with Crippen LogP contribution in [-0.2, 0) is 0 Å². The zero-order valence-corrected chi connectivity index (χ0v) is 41.4. The van der Waals surface area contributed by atoms with Gasteiger partial charge in [0.15, 0.2) is 0 Å². The van der Waals surface area contributed by atoms with E-state index in [0.29, 0.717) is 17.9 Å². The van der Waals surface area contributed by atoms with Crippen LogP contribution in [0.25, 0.3) is 22.2 Å².